The number of aromatic nitrogens is 2. The number of aliphatic carboxylic acids is 1. The molecule has 0 radical (unpaired) electrons. The maximum atomic E-state index is 10.7. The van der Waals surface area contributed by atoms with Crippen LogP contribution < -0.4 is 4.74 Å². The molecular formula is C28H34N2O5S. The minimum absolute atomic E-state index is 0.0928. The molecule has 4 rings (SSSR count). The van der Waals surface area contributed by atoms with Crippen LogP contribution >= 0.6 is 11.8 Å². The highest BCUT2D eigenvalue weighted by Crippen LogP contribution is 2.41. The van der Waals surface area contributed by atoms with Gasteiger partial charge in [0.1, 0.15) is 23.1 Å². The van der Waals surface area contributed by atoms with Gasteiger partial charge in [-0.25, -0.2) is 4.79 Å². The largest absolute Gasteiger partial charge is 0.497 e. The number of methoxy groups -OCH3 is 1. The van der Waals surface area contributed by atoms with Crippen molar-refractivity contribution >= 4 is 17.7 Å². The Morgan fingerprint density at radius 3 is 2.47 bits per heavy atom. The van der Waals surface area contributed by atoms with Gasteiger partial charge in [-0.1, -0.05) is 42.5 Å². The van der Waals surface area contributed by atoms with Crippen molar-refractivity contribution in [3.05, 3.63) is 54.6 Å². The van der Waals surface area contributed by atoms with Crippen molar-refractivity contribution in [2.75, 3.05) is 32.7 Å². The Hall–Kier alpha value is -2.81. The number of hydrogen-bond donors (Lipinski definition) is 2. The molecule has 0 amide bonds. The minimum Gasteiger partial charge on any atom is -0.497 e. The van der Waals surface area contributed by atoms with E-state index in [-0.39, 0.29) is 13.2 Å². The summed E-state index contributed by atoms with van der Waals surface area (Å²) in [5, 5.41) is 24.6. The van der Waals surface area contributed by atoms with Gasteiger partial charge in [-0.15, -0.1) is 11.8 Å². The molecule has 36 heavy (non-hydrogen) atoms. The summed E-state index contributed by atoms with van der Waals surface area (Å²) in [5.74, 6) is 1.35. The van der Waals surface area contributed by atoms with E-state index in [4.69, 9.17) is 19.7 Å². The summed E-state index contributed by atoms with van der Waals surface area (Å²) in [7, 11) is 1.67. The Morgan fingerprint density at radius 2 is 1.78 bits per heavy atom. The Kier molecular flexibility index (Phi) is 9.44. The summed E-state index contributed by atoms with van der Waals surface area (Å²) >= 11 is 1.63. The normalized spacial score (nSPS) is 17.7. The summed E-state index contributed by atoms with van der Waals surface area (Å²) in [4.78, 5) is 10.7. The topological polar surface area (TPSA) is 93.8 Å². The van der Waals surface area contributed by atoms with Crippen molar-refractivity contribution in [3.8, 4) is 28.1 Å². The Morgan fingerprint density at radius 1 is 1.06 bits per heavy atom. The van der Waals surface area contributed by atoms with Crippen molar-refractivity contribution in [1.82, 2.24) is 9.78 Å². The van der Waals surface area contributed by atoms with Crippen LogP contribution in [0.5, 0.6) is 5.75 Å². The van der Waals surface area contributed by atoms with E-state index in [2.05, 4.69) is 22.9 Å². The lowest BCUT2D eigenvalue weighted by Crippen LogP contribution is -2.23. The molecule has 1 aliphatic carbocycles. The average molecular weight is 511 g/mol. The average Bonchev–Trinajstić information content (AvgIpc) is 3.26. The lowest BCUT2D eigenvalue weighted by atomic mass is 9.82. The van der Waals surface area contributed by atoms with E-state index in [9.17, 15) is 9.90 Å². The van der Waals surface area contributed by atoms with E-state index in [0.29, 0.717) is 24.2 Å². The molecule has 192 valence electrons. The quantitative estimate of drug-likeness (QED) is 0.323. The zero-order valence-electron chi connectivity index (χ0n) is 20.6. The van der Waals surface area contributed by atoms with Gasteiger partial charge in [-0.05, 0) is 55.2 Å². The highest BCUT2D eigenvalue weighted by molar-refractivity contribution is 7.99. The number of aliphatic hydroxyl groups excluding tert-OH is 1. The number of ether oxygens (including phenoxy) is 2. The van der Waals surface area contributed by atoms with Gasteiger partial charge in [0, 0.05) is 23.4 Å². The number of carboxylic acid groups (broad SMARTS) is 1. The second kappa shape index (κ2) is 12.9. The number of carbonyl (C=O) groups is 1. The van der Waals surface area contributed by atoms with Crippen LogP contribution in [0.2, 0.25) is 0 Å². The molecule has 8 heteroatoms. The van der Waals surface area contributed by atoms with Crippen LogP contribution in [0.15, 0.2) is 59.6 Å². The smallest absolute Gasteiger partial charge is 0.329 e. The number of hydrogen-bond acceptors (Lipinski definition) is 6. The number of rotatable bonds is 12. The molecule has 1 saturated carbocycles. The van der Waals surface area contributed by atoms with Crippen LogP contribution in [0.3, 0.4) is 0 Å². The molecule has 3 aromatic rings. The third kappa shape index (κ3) is 6.69. The van der Waals surface area contributed by atoms with Crippen molar-refractivity contribution in [2.24, 2.45) is 11.8 Å². The predicted octanol–water partition coefficient (Wildman–Crippen LogP) is 5.22. The van der Waals surface area contributed by atoms with Crippen molar-refractivity contribution in [2.45, 2.75) is 37.3 Å². The van der Waals surface area contributed by atoms with Crippen molar-refractivity contribution < 1.29 is 24.5 Å². The van der Waals surface area contributed by atoms with E-state index >= 15 is 0 Å². The molecule has 7 nitrogen and oxygen atoms in total. The Balaban J connectivity index is 1.62. The Bertz CT molecular complexity index is 1130. The van der Waals surface area contributed by atoms with E-state index in [1.165, 1.54) is 0 Å². The van der Waals surface area contributed by atoms with Gasteiger partial charge in [0.05, 0.1) is 20.3 Å². The van der Waals surface area contributed by atoms with Crippen LogP contribution in [0.4, 0.5) is 0 Å². The fraction of sp³-hybridized carbons (Fsp3) is 0.429. The van der Waals surface area contributed by atoms with E-state index < -0.39 is 5.97 Å². The first-order valence-corrected chi connectivity index (χ1v) is 13.4. The molecule has 2 N–H and O–H groups in total. The molecule has 0 atom stereocenters. The molecule has 0 spiro atoms. The van der Waals surface area contributed by atoms with Crippen LogP contribution in [-0.4, -0.2) is 58.6 Å². The second-order valence-electron chi connectivity index (χ2n) is 9.18. The van der Waals surface area contributed by atoms with E-state index in [1.807, 2.05) is 36.4 Å². The minimum atomic E-state index is -0.920. The molecule has 2 aromatic carbocycles. The standard InChI is InChI=1S/C28H34N2O5S/c1-34-24-9-5-8-23(16-24)26-27(22-6-3-2-4-7-22)29-30(28(26)36-15-14-31)17-20-10-12-21(13-11-20)18-35-19-25(32)33/h2-9,16,20-21,31H,10-15,17-19H2,1H3,(H,32,33). The summed E-state index contributed by atoms with van der Waals surface area (Å²) in [5.41, 5.74) is 4.09. The lowest BCUT2D eigenvalue weighted by Gasteiger charge is -2.28. The molecule has 0 saturated heterocycles. The molecule has 0 bridgehead atoms. The van der Waals surface area contributed by atoms with Crippen molar-refractivity contribution in [1.29, 1.82) is 0 Å². The maximum Gasteiger partial charge on any atom is 0.329 e. The first-order chi connectivity index (χ1) is 17.6. The molecule has 1 fully saturated rings. The molecular weight excluding hydrogens is 476 g/mol. The van der Waals surface area contributed by atoms with Gasteiger partial charge in [0.15, 0.2) is 0 Å². The number of aliphatic hydroxyl groups is 1. The van der Waals surface area contributed by atoms with E-state index in [0.717, 1.165) is 65.4 Å². The number of carboxylic acids is 1. The fourth-order valence-electron chi connectivity index (χ4n) is 4.83. The number of nitrogens with zero attached hydrogens (tertiary/aromatic N) is 2. The monoisotopic (exact) mass is 510 g/mol. The van der Waals surface area contributed by atoms with Crippen molar-refractivity contribution in [3.63, 3.8) is 0 Å². The Labute approximate surface area is 216 Å². The summed E-state index contributed by atoms with van der Waals surface area (Å²) in [6.07, 6.45) is 4.17. The zero-order chi connectivity index (χ0) is 25.3. The molecule has 1 aliphatic rings. The van der Waals surface area contributed by atoms with E-state index in [1.54, 1.807) is 18.9 Å². The van der Waals surface area contributed by atoms with Gasteiger partial charge < -0.3 is 19.7 Å². The summed E-state index contributed by atoms with van der Waals surface area (Å²) in [6, 6.07) is 18.3. The molecule has 1 heterocycles. The SMILES string of the molecule is COc1cccc(-c2c(-c3ccccc3)nn(CC3CCC(COCC(=O)O)CC3)c2SCCO)c1. The summed E-state index contributed by atoms with van der Waals surface area (Å²) in [6.45, 7) is 1.18. The van der Waals surface area contributed by atoms with Gasteiger partial charge >= 0.3 is 5.97 Å². The van der Waals surface area contributed by atoms with Gasteiger partial charge in [0.2, 0.25) is 0 Å². The molecule has 0 unspecified atom stereocenters. The zero-order valence-corrected chi connectivity index (χ0v) is 21.5. The first kappa shape index (κ1) is 26.3. The van der Waals surface area contributed by atoms with Crippen LogP contribution in [0.25, 0.3) is 22.4 Å². The van der Waals surface area contributed by atoms with Crippen LogP contribution in [-0.2, 0) is 16.1 Å². The number of thioether (sulfide) groups is 1. The molecule has 1 aromatic heterocycles. The fourth-order valence-corrected chi connectivity index (χ4v) is 5.74. The van der Waals surface area contributed by atoms with Crippen LogP contribution in [0.1, 0.15) is 25.7 Å². The highest BCUT2D eigenvalue weighted by Gasteiger charge is 2.26. The predicted molar refractivity (Wildman–Crippen MR) is 141 cm³/mol. The van der Waals surface area contributed by atoms with Gasteiger partial charge in [-0.3, -0.25) is 4.68 Å². The third-order valence-corrected chi connectivity index (χ3v) is 7.69. The second-order valence-corrected chi connectivity index (χ2v) is 10.3. The first-order valence-electron chi connectivity index (χ1n) is 12.4. The third-order valence-electron chi connectivity index (χ3n) is 6.62. The van der Waals surface area contributed by atoms with Gasteiger partial charge in [0.25, 0.3) is 0 Å². The maximum absolute atomic E-state index is 10.7. The lowest BCUT2D eigenvalue weighted by molar-refractivity contribution is -0.142. The molecule has 0 aliphatic heterocycles. The van der Waals surface area contributed by atoms with Gasteiger partial charge in [-0.2, -0.15) is 5.10 Å². The summed E-state index contributed by atoms with van der Waals surface area (Å²) < 4.78 is 13.0. The van der Waals surface area contributed by atoms with Crippen LogP contribution in [0, 0.1) is 11.8 Å². The highest BCUT2D eigenvalue weighted by atomic mass is 32.2. The number of benzene rings is 2.